The Hall–Kier alpha value is -1.36. The van der Waals surface area contributed by atoms with Crippen LogP contribution < -0.4 is 10.6 Å². The van der Waals surface area contributed by atoms with Crippen molar-refractivity contribution < 1.29 is 4.79 Å². The number of rotatable bonds is 5. The molecule has 0 bridgehead atoms. The zero-order valence-corrected chi connectivity index (χ0v) is 14.8. The molecule has 0 aliphatic carbocycles. The molecule has 5 heteroatoms. The lowest BCUT2D eigenvalue weighted by atomic mass is 10.1. The predicted molar refractivity (Wildman–Crippen MR) is 95.2 cm³/mol. The molecule has 0 fully saturated rings. The van der Waals surface area contributed by atoms with Crippen LogP contribution in [0.1, 0.15) is 25.5 Å². The second kappa shape index (κ2) is 7.77. The van der Waals surface area contributed by atoms with Gasteiger partial charge in [0.25, 0.3) is 0 Å². The Morgan fingerprint density at radius 1 is 1.14 bits per heavy atom. The average Bonchev–Trinajstić information content (AvgIpc) is 2.49. The number of carbonyl (C=O) groups excluding carboxylic acids is 1. The second-order valence-corrected chi connectivity index (χ2v) is 6.51. The summed E-state index contributed by atoms with van der Waals surface area (Å²) in [5.74, 6) is -0.0730. The summed E-state index contributed by atoms with van der Waals surface area (Å²) in [7, 11) is 0. The van der Waals surface area contributed by atoms with Crippen LogP contribution in [-0.4, -0.2) is 11.9 Å². The summed E-state index contributed by atoms with van der Waals surface area (Å²) >= 11 is 9.37. The fraction of sp³-hybridized carbons (Fsp3) is 0.235. The van der Waals surface area contributed by atoms with Gasteiger partial charge in [-0.2, -0.15) is 0 Å². The molecule has 0 aromatic heterocycles. The Kier molecular flexibility index (Phi) is 6.00. The van der Waals surface area contributed by atoms with Crippen molar-refractivity contribution in [3.05, 3.63) is 63.6 Å². The molecule has 0 aliphatic rings. The zero-order valence-electron chi connectivity index (χ0n) is 12.4. The monoisotopic (exact) mass is 380 g/mol. The third-order valence-electron chi connectivity index (χ3n) is 3.35. The van der Waals surface area contributed by atoms with Crippen LogP contribution >= 0.6 is 27.5 Å². The Bertz CT molecular complexity index is 645. The maximum absolute atomic E-state index is 12.2. The average molecular weight is 382 g/mol. The highest BCUT2D eigenvalue weighted by Crippen LogP contribution is 2.18. The lowest BCUT2D eigenvalue weighted by molar-refractivity contribution is -0.117. The third kappa shape index (κ3) is 4.83. The maximum Gasteiger partial charge on any atom is 0.241 e. The molecule has 0 spiro atoms. The van der Waals surface area contributed by atoms with Crippen LogP contribution in [0.5, 0.6) is 0 Å². The van der Waals surface area contributed by atoms with E-state index >= 15 is 0 Å². The molecule has 0 heterocycles. The van der Waals surface area contributed by atoms with Gasteiger partial charge >= 0.3 is 0 Å². The van der Waals surface area contributed by atoms with Gasteiger partial charge in [-0.3, -0.25) is 10.1 Å². The lowest BCUT2D eigenvalue weighted by Gasteiger charge is -2.20. The van der Waals surface area contributed by atoms with E-state index in [1.807, 2.05) is 62.4 Å². The molecule has 0 saturated heterocycles. The van der Waals surface area contributed by atoms with Gasteiger partial charge in [0.1, 0.15) is 0 Å². The predicted octanol–water partition coefficient (Wildman–Crippen LogP) is 4.78. The zero-order chi connectivity index (χ0) is 16.1. The summed E-state index contributed by atoms with van der Waals surface area (Å²) in [6.45, 7) is 3.85. The van der Waals surface area contributed by atoms with Crippen molar-refractivity contribution in [2.75, 3.05) is 5.32 Å². The number of benzene rings is 2. The van der Waals surface area contributed by atoms with E-state index in [0.717, 1.165) is 15.7 Å². The molecule has 1 amide bonds. The van der Waals surface area contributed by atoms with Crippen molar-refractivity contribution in [3.8, 4) is 0 Å². The van der Waals surface area contributed by atoms with Gasteiger partial charge in [-0.1, -0.05) is 39.7 Å². The van der Waals surface area contributed by atoms with Crippen LogP contribution in [-0.2, 0) is 4.79 Å². The maximum atomic E-state index is 12.2. The topological polar surface area (TPSA) is 41.1 Å². The molecule has 116 valence electrons. The van der Waals surface area contributed by atoms with E-state index in [2.05, 4.69) is 26.6 Å². The number of anilines is 1. The van der Waals surface area contributed by atoms with Crippen LogP contribution in [0.4, 0.5) is 5.69 Å². The van der Waals surface area contributed by atoms with E-state index in [1.54, 1.807) is 0 Å². The highest BCUT2D eigenvalue weighted by molar-refractivity contribution is 9.10. The summed E-state index contributed by atoms with van der Waals surface area (Å²) in [5, 5.41) is 6.86. The van der Waals surface area contributed by atoms with E-state index in [1.165, 1.54) is 0 Å². The largest absolute Gasteiger partial charge is 0.325 e. The molecule has 2 N–H and O–H groups in total. The van der Waals surface area contributed by atoms with Gasteiger partial charge < -0.3 is 5.32 Å². The molecule has 2 atom stereocenters. The normalized spacial score (nSPS) is 13.5. The Labute approximate surface area is 144 Å². The second-order valence-electron chi connectivity index (χ2n) is 5.16. The van der Waals surface area contributed by atoms with Gasteiger partial charge in [-0.05, 0) is 55.8 Å². The Morgan fingerprint density at radius 3 is 2.45 bits per heavy atom. The standard InChI is InChI=1S/C17H18BrClN2O/c1-11(13-4-3-5-15(19)10-13)20-12(2)17(22)21-16-8-6-14(18)7-9-16/h3-12,20H,1-2H3,(H,21,22)/t11-,12-/m0/s1. The van der Waals surface area contributed by atoms with Gasteiger partial charge in [0.05, 0.1) is 6.04 Å². The molecule has 0 radical (unpaired) electrons. The minimum absolute atomic E-state index is 0.0318. The van der Waals surface area contributed by atoms with Crippen molar-refractivity contribution in [2.24, 2.45) is 0 Å². The van der Waals surface area contributed by atoms with Gasteiger partial charge in [-0.15, -0.1) is 0 Å². The Morgan fingerprint density at radius 2 is 1.82 bits per heavy atom. The number of hydrogen-bond acceptors (Lipinski definition) is 2. The Balaban J connectivity index is 1.94. The van der Waals surface area contributed by atoms with E-state index in [-0.39, 0.29) is 18.0 Å². The van der Waals surface area contributed by atoms with Gasteiger partial charge in [0, 0.05) is 21.2 Å². The van der Waals surface area contributed by atoms with Crippen LogP contribution in [0.25, 0.3) is 0 Å². The summed E-state index contributed by atoms with van der Waals surface area (Å²) in [5.41, 5.74) is 1.83. The molecule has 2 aromatic rings. The molecule has 0 aliphatic heterocycles. The summed E-state index contributed by atoms with van der Waals surface area (Å²) in [4.78, 5) is 12.2. The number of halogens is 2. The number of amides is 1. The third-order valence-corrected chi connectivity index (χ3v) is 4.12. The molecule has 0 saturated carbocycles. The quantitative estimate of drug-likeness (QED) is 0.782. The number of nitrogens with one attached hydrogen (secondary N) is 2. The first-order valence-corrected chi connectivity index (χ1v) is 8.21. The van der Waals surface area contributed by atoms with Gasteiger partial charge in [0.2, 0.25) is 5.91 Å². The molecular formula is C17H18BrClN2O. The van der Waals surface area contributed by atoms with E-state index < -0.39 is 0 Å². The van der Waals surface area contributed by atoms with E-state index in [9.17, 15) is 4.79 Å². The molecule has 0 unspecified atom stereocenters. The van der Waals surface area contributed by atoms with Crippen molar-refractivity contribution in [2.45, 2.75) is 25.9 Å². The first-order valence-electron chi connectivity index (χ1n) is 7.03. The molecular weight excluding hydrogens is 364 g/mol. The van der Waals surface area contributed by atoms with Crippen LogP contribution in [0, 0.1) is 0 Å². The highest BCUT2D eigenvalue weighted by Gasteiger charge is 2.16. The molecule has 2 aromatic carbocycles. The summed E-state index contributed by atoms with van der Waals surface area (Å²) in [6, 6.07) is 14.8. The lowest BCUT2D eigenvalue weighted by Crippen LogP contribution is -2.39. The van der Waals surface area contributed by atoms with E-state index in [4.69, 9.17) is 11.6 Å². The molecule has 22 heavy (non-hydrogen) atoms. The van der Waals surface area contributed by atoms with Crippen molar-refractivity contribution in [1.29, 1.82) is 0 Å². The molecule has 2 rings (SSSR count). The SMILES string of the molecule is C[C@H](N[C@@H](C)c1cccc(Cl)c1)C(=O)Nc1ccc(Br)cc1. The summed E-state index contributed by atoms with van der Waals surface area (Å²) in [6.07, 6.45) is 0. The smallest absolute Gasteiger partial charge is 0.241 e. The van der Waals surface area contributed by atoms with Crippen molar-refractivity contribution in [3.63, 3.8) is 0 Å². The van der Waals surface area contributed by atoms with Crippen molar-refractivity contribution >= 4 is 39.1 Å². The van der Waals surface area contributed by atoms with Gasteiger partial charge in [0.15, 0.2) is 0 Å². The van der Waals surface area contributed by atoms with Crippen LogP contribution in [0.2, 0.25) is 5.02 Å². The fourth-order valence-corrected chi connectivity index (χ4v) is 2.57. The number of hydrogen-bond donors (Lipinski definition) is 2. The van der Waals surface area contributed by atoms with Crippen LogP contribution in [0.15, 0.2) is 53.0 Å². The van der Waals surface area contributed by atoms with E-state index in [0.29, 0.717) is 5.02 Å². The minimum Gasteiger partial charge on any atom is -0.325 e. The first-order chi connectivity index (χ1) is 10.5. The van der Waals surface area contributed by atoms with Crippen LogP contribution in [0.3, 0.4) is 0 Å². The summed E-state index contributed by atoms with van der Waals surface area (Å²) < 4.78 is 0.978. The van der Waals surface area contributed by atoms with Crippen molar-refractivity contribution in [1.82, 2.24) is 5.32 Å². The van der Waals surface area contributed by atoms with Gasteiger partial charge in [-0.25, -0.2) is 0 Å². The molecule has 3 nitrogen and oxygen atoms in total. The minimum atomic E-state index is -0.322. The first kappa shape index (κ1) is 17.0. The fourth-order valence-electron chi connectivity index (χ4n) is 2.11. The highest BCUT2D eigenvalue weighted by atomic mass is 79.9. The number of carbonyl (C=O) groups is 1.